The monoisotopic (exact) mass is 292 g/mol. The van der Waals surface area contributed by atoms with E-state index in [1.807, 2.05) is 14.1 Å². The van der Waals surface area contributed by atoms with Crippen molar-refractivity contribution in [2.75, 3.05) is 19.4 Å². The number of amides is 1. The maximum Gasteiger partial charge on any atom is 0.238 e. The van der Waals surface area contributed by atoms with Crippen LogP contribution >= 0.6 is 11.6 Å². The van der Waals surface area contributed by atoms with Crippen LogP contribution in [0.4, 0.5) is 5.69 Å². The van der Waals surface area contributed by atoms with Gasteiger partial charge in [0.25, 0.3) is 0 Å². The minimum Gasteiger partial charge on any atom is -0.383 e. The molecule has 0 aliphatic heterocycles. The van der Waals surface area contributed by atoms with Gasteiger partial charge in [0.1, 0.15) is 5.41 Å². The summed E-state index contributed by atoms with van der Waals surface area (Å²) in [6, 6.07) is 6.99. The van der Waals surface area contributed by atoms with Gasteiger partial charge < -0.3 is 10.2 Å². The Hall–Kier alpha value is -1.81. The molecular weight excluding hydrogens is 276 g/mol. The van der Waals surface area contributed by atoms with Crippen molar-refractivity contribution in [3.8, 4) is 0 Å². The number of para-hydroxylation sites is 1. The van der Waals surface area contributed by atoms with Crippen LogP contribution in [-0.4, -0.2) is 30.7 Å². The highest BCUT2D eigenvalue weighted by Crippen LogP contribution is 2.48. The van der Waals surface area contributed by atoms with E-state index in [0.717, 1.165) is 0 Å². The van der Waals surface area contributed by atoms with Crippen LogP contribution in [0.1, 0.15) is 12.8 Å². The highest BCUT2D eigenvalue weighted by atomic mass is 35.5. The molecule has 1 amide bonds. The van der Waals surface area contributed by atoms with E-state index in [1.165, 1.54) is 6.08 Å². The predicted molar refractivity (Wildman–Crippen MR) is 79.6 cm³/mol. The van der Waals surface area contributed by atoms with Gasteiger partial charge in [0.15, 0.2) is 5.78 Å². The molecule has 0 spiro atoms. The van der Waals surface area contributed by atoms with Crippen LogP contribution in [-0.2, 0) is 9.59 Å². The largest absolute Gasteiger partial charge is 0.383 e. The second kappa shape index (κ2) is 5.67. The lowest BCUT2D eigenvalue weighted by molar-refractivity contribution is -0.130. The molecular formula is C15H17ClN2O2. The Bertz CT molecular complexity index is 563. The molecule has 0 heterocycles. The number of halogens is 1. The van der Waals surface area contributed by atoms with Crippen molar-refractivity contribution in [1.82, 2.24) is 4.90 Å². The van der Waals surface area contributed by atoms with E-state index in [1.54, 1.807) is 35.4 Å². The first kappa shape index (κ1) is 14.6. The van der Waals surface area contributed by atoms with Crippen LogP contribution in [0.15, 0.2) is 36.5 Å². The van der Waals surface area contributed by atoms with Crippen molar-refractivity contribution in [2.24, 2.45) is 5.41 Å². The number of nitrogens with one attached hydrogen (secondary N) is 1. The molecule has 2 rings (SSSR count). The van der Waals surface area contributed by atoms with E-state index in [4.69, 9.17) is 11.6 Å². The van der Waals surface area contributed by atoms with Gasteiger partial charge in [-0.15, -0.1) is 0 Å². The van der Waals surface area contributed by atoms with E-state index in [-0.39, 0.29) is 11.7 Å². The number of rotatable bonds is 5. The van der Waals surface area contributed by atoms with Crippen molar-refractivity contribution in [3.63, 3.8) is 0 Å². The van der Waals surface area contributed by atoms with Crippen molar-refractivity contribution in [2.45, 2.75) is 12.8 Å². The Kier molecular flexibility index (Phi) is 4.14. The van der Waals surface area contributed by atoms with Crippen LogP contribution < -0.4 is 5.32 Å². The zero-order valence-electron chi connectivity index (χ0n) is 11.5. The fourth-order valence-corrected chi connectivity index (χ4v) is 2.07. The van der Waals surface area contributed by atoms with E-state index in [0.29, 0.717) is 23.6 Å². The highest BCUT2D eigenvalue weighted by molar-refractivity contribution is 6.34. The molecule has 1 aliphatic carbocycles. The Morgan fingerprint density at radius 3 is 2.50 bits per heavy atom. The fourth-order valence-electron chi connectivity index (χ4n) is 1.89. The summed E-state index contributed by atoms with van der Waals surface area (Å²) in [5, 5.41) is 3.21. The first-order valence-corrected chi connectivity index (χ1v) is 6.78. The van der Waals surface area contributed by atoms with Gasteiger partial charge in [-0.3, -0.25) is 9.59 Å². The van der Waals surface area contributed by atoms with Crippen LogP contribution in [0.3, 0.4) is 0 Å². The molecule has 1 aromatic carbocycles. The van der Waals surface area contributed by atoms with Gasteiger partial charge in [0, 0.05) is 20.3 Å². The van der Waals surface area contributed by atoms with Gasteiger partial charge in [-0.05, 0) is 31.1 Å². The molecule has 1 N–H and O–H groups in total. The number of carbonyl (C=O) groups excluding carboxylic acids is 2. The molecule has 0 saturated heterocycles. The number of benzene rings is 1. The van der Waals surface area contributed by atoms with Crippen LogP contribution in [0.5, 0.6) is 0 Å². The molecule has 0 aromatic heterocycles. The van der Waals surface area contributed by atoms with E-state index >= 15 is 0 Å². The Labute approximate surface area is 123 Å². The van der Waals surface area contributed by atoms with Gasteiger partial charge in [0.2, 0.25) is 5.91 Å². The number of nitrogens with zero attached hydrogens (tertiary/aromatic N) is 1. The quantitative estimate of drug-likeness (QED) is 0.670. The average molecular weight is 293 g/mol. The molecule has 0 radical (unpaired) electrons. The number of anilines is 1. The van der Waals surface area contributed by atoms with Crippen molar-refractivity contribution < 1.29 is 9.59 Å². The normalized spacial score (nSPS) is 15.9. The molecule has 0 bridgehead atoms. The summed E-state index contributed by atoms with van der Waals surface area (Å²) < 4.78 is 0. The molecule has 0 unspecified atom stereocenters. The second-order valence-corrected chi connectivity index (χ2v) is 5.57. The van der Waals surface area contributed by atoms with E-state index in [2.05, 4.69) is 5.32 Å². The molecule has 0 atom stereocenters. The summed E-state index contributed by atoms with van der Waals surface area (Å²) in [5.74, 6) is -0.435. The third-order valence-electron chi connectivity index (χ3n) is 3.30. The zero-order chi connectivity index (χ0) is 14.8. The minimum absolute atomic E-state index is 0.157. The summed E-state index contributed by atoms with van der Waals surface area (Å²) >= 11 is 6.00. The van der Waals surface area contributed by atoms with E-state index < -0.39 is 5.41 Å². The number of hydrogen-bond donors (Lipinski definition) is 1. The topological polar surface area (TPSA) is 49.4 Å². The Morgan fingerprint density at radius 2 is 1.95 bits per heavy atom. The summed E-state index contributed by atoms with van der Waals surface area (Å²) in [4.78, 5) is 26.2. The number of hydrogen-bond acceptors (Lipinski definition) is 3. The molecule has 20 heavy (non-hydrogen) atoms. The molecule has 4 nitrogen and oxygen atoms in total. The maximum absolute atomic E-state index is 12.3. The summed E-state index contributed by atoms with van der Waals surface area (Å²) in [6.07, 6.45) is 4.28. The molecule has 106 valence electrons. The first-order chi connectivity index (χ1) is 9.45. The highest BCUT2D eigenvalue weighted by Gasteiger charge is 2.55. The second-order valence-electron chi connectivity index (χ2n) is 5.16. The van der Waals surface area contributed by atoms with Crippen molar-refractivity contribution in [1.29, 1.82) is 0 Å². The maximum atomic E-state index is 12.3. The van der Waals surface area contributed by atoms with Gasteiger partial charge in [-0.1, -0.05) is 23.7 Å². The summed E-state index contributed by atoms with van der Waals surface area (Å²) in [7, 11) is 3.65. The number of ketones is 1. The Morgan fingerprint density at radius 1 is 1.30 bits per heavy atom. The first-order valence-electron chi connectivity index (χ1n) is 6.41. The fraction of sp³-hybridized carbons (Fsp3) is 0.333. The van der Waals surface area contributed by atoms with Crippen molar-refractivity contribution >= 4 is 29.0 Å². The zero-order valence-corrected chi connectivity index (χ0v) is 12.3. The molecule has 5 heteroatoms. The average Bonchev–Trinajstić information content (AvgIpc) is 3.20. The smallest absolute Gasteiger partial charge is 0.238 e. The lowest BCUT2D eigenvalue weighted by atomic mass is 9.99. The number of allylic oxidation sites excluding steroid dienone is 1. The molecule has 1 saturated carbocycles. The minimum atomic E-state index is -0.911. The van der Waals surface area contributed by atoms with Gasteiger partial charge in [0.05, 0.1) is 10.7 Å². The molecule has 1 aliphatic rings. The number of carbonyl (C=O) groups is 2. The Balaban J connectivity index is 2.09. The van der Waals surface area contributed by atoms with E-state index in [9.17, 15) is 9.59 Å². The molecule has 1 aromatic rings. The standard InChI is InChI=1S/C15H17ClN2O2/c1-18(2)10-7-13(19)15(8-9-15)14(20)17-12-6-4-3-5-11(12)16/h3-7,10H,8-9H2,1-2H3,(H,17,20)/b10-7+. The summed E-state index contributed by atoms with van der Waals surface area (Å²) in [6.45, 7) is 0. The van der Waals surface area contributed by atoms with Crippen LogP contribution in [0, 0.1) is 5.41 Å². The van der Waals surface area contributed by atoms with Gasteiger partial charge >= 0.3 is 0 Å². The van der Waals surface area contributed by atoms with Crippen LogP contribution in [0.2, 0.25) is 5.02 Å². The lowest BCUT2D eigenvalue weighted by Gasteiger charge is -2.13. The summed E-state index contributed by atoms with van der Waals surface area (Å²) in [5.41, 5.74) is -0.374. The predicted octanol–water partition coefficient (Wildman–Crippen LogP) is 2.70. The molecule has 1 fully saturated rings. The lowest BCUT2D eigenvalue weighted by Crippen LogP contribution is -2.30. The third kappa shape index (κ3) is 3.02. The third-order valence-corrected chi connectivity index (χ3v) is 3.63. The van der Waals surface area contributed by atoms with Crippen LogP contribution in [0.25, 0.3) is 0 Å². The van der Waals surface area contributed by atoms with Gasteiger partial charge in [-0.25, -0.2) is 0 Å². The SMILES string of the molecule is CN(C)/C=C/C(=O)C1(C(=O)Nc2ccccc2Cl)CC1. The van der Waals surface area contributed by atoms with Crippen molar-refractivity contribution in [3.05, 3.63) is 41.6 Å². The van der Waals surface area contributed by atoms with Gasteiger partial charge in [-0.2, -0.15) is 0 Å².